The molecule has 4 heteroatoms. The van der Waals surface area contributed by atoms with Gasteiger partial charge in [-0.1, -0.05) is 6.07 Å². The number of hydrogen-bond acceptors (Lipinski definition) is 3. The Bertz CT molecular complexity index is 392. The monoisotopic (exact) mass is 220 g/mol. The van der Waals surface area contributed by atoms with Gasteiger partial charge >= 0.3 is 0 Å². The van der Waals surface area contributed by atoms with Crippen LogP contribution in [-0.4, -0.2) is 35.5 Å². The van der Waals surface area contributed by atoms with E-state index in [2.05, 4.69) is 0 Å². The molecule has 1 fully saturated rings. The summed E-state index contributed by atoms with van der Waals surface area (Å²) in [6.45, 7) is 2.12. The largest absolute Gasteiger partial charge is 0.508 e. The molecule has 1 aromatic carbocycles. The molecular formula is C12H16N2O2. The van der Waals surface area contributed by atoms with Gasteiger partial charge in [-0.25, -0.2) is 0 Å². The minimum absolute atomic E-state index is 0.0214. The zero-order valence-electron chi connectivity index (χ0n) is 9.10. The highest BCUT2D eigenvalue weighted by molar-refractivity contribution is 5.94. The predicted molar refractivity (Wildman–Crippen MR) is 61.2 cm³/mol. The third kappa shape index (κ3) is 2.17. The third-order valence-corrected chi connectivity index (χ3v) is 3.00. The molecule has 1 aliphatic heterocycles. The van der Waals surface area contributed by atoms with Crippen LogP contribution in [0.3, 0.4) is 0 Å². The number of likely N-dealkylation sites (tertiary alicyclic amines) is 1. The molecule has 0 aromatic heterocycles. The van der Waals surface area contributed by atoms with E-state index in [4.69, 9.17) is 5.73 Å². The summed E-state index contributed by atoms with van der Waals surface area (Å²) in [5, 5.41) is 9.31. The van der Waals surface area contributed by atoms with Crippen molar-refractivity contribution in [2.45, 2.75) is 6.42 Å². The Balaban J connectivity index is 2.08. The normalized spacial score (nSPS) is 20.1. The number of benzene rings is 1. The van der Waals surface area contributed by atoms with Crippen molar-refractivity contribution in [2.75, 3.05) is 19.6 Å². The van der Waals surface area contributed by atoms with E-state index in [1.807, 2.05) is 0 Å². The van der Waals surface area contributed by atoms with Crippen molar-refractivity contribution < 1.29 is 9.90 Å². The number of phenolic OH excluding ortho intramolecular Hbond substituents is 1. The van der Waals surface area contributed by atoms with Crippen LogP contribution in [0.4, 0.5) is 0 Å². The lowest BCUT2D eigenvalue weighted by Crippen LogP contribution is -2.29. The van der Waals surface area contributed by atoms with Crippen LogP contribution in [0.25, 0.3) is 0 Å². The fraction of sp³-hybridized carbons (Fsp3) is 0.417. The van der Waals surface area contributed by atoms with E-state index in [0.717, 1.165) is 19.5 Å². The Morgan fingerprint density at radius 1 is 1.56 bits per heavy atom. The minimum Gasteiger partial charge on any atom is -0.508 e. The first-order chi connectivity index (χ1) is 7.70. The molecule has 1 aliphatic rings. The molecular weight excluding hydrogens is 204 g/mol. The topological polar surface area (TPSA) is 66.6 Å². The van der Waals surface area contributed by atoms with Crippen LogP contribution in [0.5, 0.6) is 5.75 Å². The molecule has 2 rings (SSSR count). The highest BCUT2D eigenvalue weighted by Gasteiger charge is 2.25. The van der Waals surface area contributed by atoms with Crippen molar-refractivity contribution in [3.05, 3.63) is 29.8 Å². The SMILES string of the molecule is NCC1CCN(C(=O)c2cccc(O)c2)C1. The highest BCUT2D eigenvalue weighted by atomic mass is 16.3. The highest BCUT2D eigenvalue weighted by Crippen LogP contribution is 2.19. The van der Waals surface area contributed by atoms with Gasteiger partial charge in [0.25, 0.3) is 5.91 Å². The number of amides is 1. The van der Waals surface area contributed by atoms with Crippen molar-refractivity contribution in [2.24, 2.45) is 11.7 Å². The van der Waals surface area contributed by atoms with Crippen molar-refractivity contribution in [1.82, 2.24) is 4.90 Å². The molecule has 16 heavy (non-hydrogen) atoms. The van der Waals surface area contributed by atoms with Crippen molar-refractivity contribution in [3.8, 4) is 5.75 Å². The first kappa shape index (κ1) is 11.0. The molecule has 1 unspecified atom stereocenters. The van der Waals surface area contributed by atoms with Gasteiger partial charge in [0.1, 0.15) is 5.75 Å². The van der Waals surface area contributed by atoms with E-state index in [1.165, 1.54) is 6.07 Å². The molecule has 0 aliphatic carbocycles. The summed E-state index contributed by atoms with van der Waals surface area (Å²) in [6, 6.07) is 6.46. The second kappa shape index (κ2) is 4.53. The van der Waals surface area contributed by atoms with Crippen molar-refractivity contribution >= 4 is 5.91 Å². The maximum absolute atomic E-state index is 12.0. The molecule has 1 aromatic rings. The van der Waals surface area contributed by atoms with Crippen LogP contribution in [-0.2, 0) is 0 Å². The van der Waals surface area contributed by atoms with Gasteiger partial charge in [0.2, 0.25) is 0 Å². The van der Waals surface area contributed by atoms with Crippen LogP contribution in [0, 0.1) is 5.92 Å². The molecule has 1 atom stereocenters. The molecule has 0 bridgehead atoms. The van der Waals surface area contributed by atoms with E-state index < -0.39 is 0 Å². The number of nitrogens with two attached hydrogens (primary N) is 1. The molecule has 1 heterocycles. The molecule has 3 N–H and O–H groups in total. The zero-order chi connectivity index (χ0) is 11.5. The molecule has 86 valence electrons. The maximum atomic E-state index is 12.0. The standard InChI is InChI=1S/C12H16N2O2/c13-7-9-4-5-14(8-9)12(16)10-2-1-3-11(15)6-10/h1-3,6,9,15H,4-5,7-8,13H2. The van der Waals surface area contributed by atoms with E-state index in [0.29, 0.717) is 18.0 Å². The van der Waals surface area contributed by atoms with Gasteiger partial charge in [-0.05, 0) is 37.1 Å². The Hall–Kier alpha value is -1.55. The molecule has 1 saturated heterocycles. The summed E-state index contributed by atoms with van der Waals surface area (Å²) in [5.74, 6) is 0.522. The Labute approximate surface area is 94.7 Å². The van der Waals surface area contributed by atoms with Gasteiger partial charge < -0.3 is 15.7 Å². The maximum Gasteiger partial charge on any atom is 0.253 e. The molecule has 1 amide bonds. The van der Waals surface area contributed by atoms with Crippen LogP contribution >= 0.6 is 0 Å². The number of phenols is 1. The summed E-state index contributed by atoms with van der Waals surface area (Å²) in [7, 11) is 0. The quantitative estimate of drug-likeness (QED) is 0.775. The van der Waals surface area contributed by atoms with Crippen molar-refractivity contribution in [3.63, 3.8) is 0 Å². The van der Waals surface area contributed by atoms with E-state index >= 15 is 0 Å². The zero-order valence-corrected chi connectivity index (χ0v) is 9.10. The second-order valence-electron chi connectivity index (χ2n) is 4.19. The smallest absolute Gasteiger partial charge is 0.253 e. The Morgan fingerprint density at radius 2 is 2.38 bits per heavy atom. The summed E-state index contributed by atoms with van der Waals surface area (Å²) >= 11 is 0. The number of rotatable bonds is 2. The van der Waals surface area contributed by atoms with Gasteiger partial charge in [0.05, 0.1) is 0 Å². The average Bonchev–Trinajstić information content (AvgIpc) is 2.76. The lowest BCUT2D eigenvalue weighted by atomic mass is 10.1. The summed E-state index contributed by atoms with van der Waals surface area (Å²) in [4.78, 5) is 13.8. The Morgan fingerprint density at radius 3 is 3.00 bits per heavy atom. The van der Waals surface area contributed by atoms with Gasteiger partial charge in [-0.15, -0.1) is 0 Å². The van der Waals surface area contributed by atoms with E-state index in [9.17, 15) is 9.90 Å². The molecule has 0 saturated carbocycles. The van der Waals surface area contributed by atoms with Crippen LogP contribution in [0.15, 0.2) is 24.3 Å². The van der Waals surface area contributed by atoms with Crippen LogP contribution in [0.2, 0.25) is 0 Å². The van der Waals surface area contributed by atoms with E-state index in [1.54, 1.807) is 23.1 Å². The second-order valence-corrected chi connectivity index (χ2v) is 4.19. The molecule has 4 nitrogen and oxygen atoms in total. The number of carbonyl (C=O) groups excluding carboxylic acids is 1. The summed E-state index contributed by atoms with van der Waals surface area (Å²) in [6.07, 6.45) is 0.973. The minimum atomic E-state index is -0.0214. The van der Waals surface area contributed by atoms with E-state index in [-0.39, 0.29) is 11.7 Å². The average molecular weight is 220 g/mol. The van der Waals surface area contributed by atoms with Gasteiger partial charge in [-0.2, -0.15) is 0 Å². The third-order valence-electron chi connectivity index (χ3n) is 3.00. The van der Waals surface area contributed by atoms with Gasteiger partial charge in [-0.3, -0.25) is 4.79 Å². The predicted octanol–water partition coefficient (Wildman–Crippen LogP) is 0.813. The molecule has 0 radical (unpaired) electrons. The first-order valence-electron chi connectivity index (χ1n) is 5.49. The van der Waals surface area contributed by atoms with Crippen LogP contribution in [0.1, 0.15) is 16.8 Å². The van der Waals surface area contributed by atoms with Gasteiger partial charge in [0.15, 0.2) is 0 Å². The molecule has 0 spiro atoms. The number of nitrogens with zero attached hydrogens (tertiary/aromatic N) is 1. The van der Waals surface area contributed by atoms with Crippen LogP contribution < -0.4 is 5.73 Å². The summed E-state index contributed by atoms with van der Waals surface area (Å²) in [5.41, 5.74) is 6.12. The summed E-state index contributed by atoms with van der Waals surface area (Å²) < 4.78 is 0. The fourth-order valence-electron chi connectivity index (χ4n) is 2.03. The number of hydrogen-bond donors (Lipinski definition) is 2. The number of carbonyl (C=O) groups is 1. The number of aromatic hydroxyl groups is 1. The lowest BCUT2D eigenvalue weighted by Gasteiger charge is -2.16. The lowest BCUT2D eigenvalue weighted by molar-refractivity contribution is 0.0787. The van der Waals surface area contributed by atoms with Gasteiger partial charge in [0, 0.05) is 18.7 Å². The Kier molecular flexibility index (Phi) is 3.10. The fourth-order valence-corrected chi connectivity index (χ4v) is 2.03. The van der Waals surface area contributed by atoms with Crippen molar-refractivity contribution in [1.29, 1.82) is 0 Å². The first-order valence-corrected chi connectivity index (χ1v) is 5.49.